The Hall–Kier alpha value is -5.00. The van der Waals surface area contributed by atoms with E-state index < -0.39 is 36.0 Å². The van der Waals surface area contributed by atoms with Crippen molar-refractivity contribution in [2.24, 2.45) is 0 Å². The summed E-state index contributed by atoms with van der Waals surface area (Å²) in [4.78, 5) is 56.5. The van der Waals surface area contributed by atoms with Crippen LogP contribution in [0.15, 0.2) is 91.5 Å². The van der Waals surface area contributed by atoms with Gasteiger partial charge in [0.15, 0.2) is 0 Å². The monoisotopic (exact) mass is 583 g/mol. The van der Waals surface area contributed by atoms with E-state index in [2.05, 4.69) is 17.3 Å². The number of amides is 3. The summed E-state index contributed by atoms with van der Waals surface area (Å²) in [5.41, 5.74) is 5.19. The molecule has 0 bridgehead atoms. The first-order valence-electron chi connectivity index (χ1n) is 13.9. The van der Waals surface area contributed by atoms with E-state index in [4.69, 9.17) is 0 Å². The summed E-state index contributed by atoms with van der Waals surface area (Å²) in [6, 6.07) is 19.5. The summed E-state index contributed by atoms with van der Waals surface area (Å²) in [5, 5.41) is 24.1. The van der Waals surface area contributed by atoms with Crippen LogP contribution < -0.4 is 10.7 Å². The maximum absolute atomic E-state index is 14.3. The summed E-state index contributed by atoms with van der Waals surface area (Å²) in [6.45, 7) is 4.35. The topological polar surface area (TPSA) is 143 Å². The number of fused-ring (bicyclic) bond motifs is 1. The molecule has 2 saturated heterocycles. The maximum Gasteiger partial charge on any atom is 0.335 e. The highest BCUT2D eigenvalue weighted by molar-refractivity contribution is 5.95. The molecule has 3 aromatic rings. The van der Waals surface area contributed by atoms with Crippen LogP contribution in [-0.4, -0.2) is 80.6 Å². The fourth-order valence-electron chi connectivity index (χ4n) is 5.59. The van der Waals surface area contributed by atoms with Crippen molar-refractivity contribution in [1.82, 2.24) is 25.6 Å². The average molecular weight is 584 g/mol. The van der Waals surface area contributed by atoms with Crippen molar-refractivity contribution < 1.29 is 29.4 Å². The van der Waals surface area contributed by atoms with Crippen molar-refractivity contribution in [3.63, 3.8) is 0 Å². The highest BCUT2D eigenvalue weighted by atomic mass is 16.4. The number of aromatic carboxylic acids is 1. The van der Waals surface area contributed by atoms with Crippen molar-refractivity contribution in [2.75, 3.05) is 19.6 Å². The molecule has 4 N–H and O–H groups in total. The lowest BCUT2D eigenvalue weighted by atomic mass is 9.95. The summed E-state index contributed by atoms with van der Waals surface area (Å²) in [6.07, 6.45) is 1.15. The lowest BCUT2D eigenvalue weighted by Gasteiger charge is -2.52. The van der Waals surface area contributed by atoms with Gasteiger partial charge in [0.25, 0.3) is 0 Å². The quantitative estimate of drug-likeness (QED) is 0.266. The number of rotatable bonds is 10. The summed E-state index contributed by atoms with van der Waals surface area (Å²) in [5.74, 6) is -2.27. The van der Waals surface area contributed by atoms with Crippen molar-refractivity contribution in [3.05, 3.63) is 114 Å². The van der Waals surface area contributed by atoms with Crippen molar-refractivity contribution >= 4 is 23.7 Å². The van der Waals surface area contributed by atoms with Crippen molar-refractivity contribution in [3.8, 4) is 5.75 Å². The van der Waals surface area contributed by atoms with Gasteiger partial charge in [-0.3, -0.25) is 14.4 Å². The van der Waals surface area contributed by atoms with Gasteiger partial charge in [-0.05, 0) is 41.0 Å². The smallest absolute Gasteiger partial charge is 0.335 e. The molecule has 0 aromatic heterocycles. The third-order valence-electron chi connectivity index (χ3n) is 7.59. The lowest BCUT2D eigenvalue weighted by Crippen LogP contribution is -2.75. The maximum atomic E-state index is 14.3. The zero-order valence-electron chi connectivity index (χ0n) is 23.4. The molecule has 5 rings (SSSR count). The number of phenolic OH excluding ortho intramolecular Hbond substituents is 1. The molecule has 0 radical (unpaired) electrons. The second-order valence-electron chi connectivity index (χ2n) is 10.5. The Bertz CT molecular complexity index is 1510. The Balaban J connectivity index is 1.54. The normalized spacial score (nSPS) is 19.4. The summed E-state index contributed by atoms with van der Waals surface area (Å²) >= 11 is 0. The van der Waals surface area contributed by atoms with Crippen LogP contribution in [0.2, 0.25) is 0 Å². The van der Waals surface area contributed by atoms with E-state index in [1.165, 1.54) is 34.1 Å². The number of benzene rings is 3. The van der Waals surface area contributed by atoms with Crippen LogP contribution in [0.5, 0.6) is 5.75 Å². The van der Waals surface area contributed by atoms with Crippen LogP contribution in [0.4, 0.5) is 0 Å². The number of nitrogens with zero attached hydrogens (tertiary/aromatic N) is 3. The predicted octanol–water partition coefficient (Wildman–Crippen LogP) is 2.06. The molecule has 0 spiro atoms. The minimum atomic E-state index is -1.17. The molecule has 2 heterocycles. The Labute approximate surface area is 249 Å². The minimum Gasteiger partial charge on any atom is -0.508 e. The average Bonchev–Trinajstić information content (AvgIpc) is 3.00. The van der Waals surface area contributed by atoms with Gasteiger partial charge in [0.05, 0.1) is 18.7 Å². The number of aromatic hydroxyl groups is 1. The number of carbonyl (C=O) groups excluding carboxylic acids is 3. The molecule has 2 aliphatic rings. The predicted molar refractivity (Wildman–Crippen MR) is 157 cm³/mol. The van der Waals surface area contributed by atoms with E-state index in [0.29, 0.717) is 12.1 Å². The van der Waals surface area contributed by atoms with E-state index >= 15 is 0 Å². The standard InChI is InChI=1S/C32H33N5O6/c1-2-15-35-20-28(39)37-26(16-21-11-13-25(38)14-12-21)31(41)36(19-27(37)34-35)29(23-9-6-10-24(17-23)32(42)43)30(40)33-18-22-7-4-3-5-8-22/h2-14,17,26-27,29,34,38H,1,15-16,18-20H2,(H,33,40)(H,42,43)/t26-,27+,29?/m0/s1. The largest absolute Gasteiger partial charge is 0.508 e. The molecule has 0 saturated carbocycles. The lowest BCUT2D eigenvalue weighted by molar-refractivity contribution is -0.171. The minimum absolute atomic E-state index is 0.0202. The van der Waals surface area contributed by atoms with Gasteiger partial charge >= 0.3 is 5.97 Å². The highest BCUT2D eigenvalue weighted by Crippen LogP contribution is 2.31. The molecule has 3 atom stereocenters. The fourth-order valence-corrected chi connectivity index (χ4v) is 5.59. The molecule has 2 fully saturated rings. The highest BCUT2D eigenvalue weighted by Gasteiger charge is 2.49. The van der Waals surface area contributed by atoms with E-state index in [1.54, 1.807) is 35.4 Å². The Morgan fingerprint density at radius 1 is 1.02 bits per heavy atom. The van der Waals surface area contributed by atoms with Gasteiger partial charge in [-0.25, -0.2) is 15.2 Å². The van der Waals surface area contributed by atoms with Crippen LogP contribution in [0.1, 0.15) is 33.1 Å². The summed E-state index contributed by atoms with van der Waals surface area (Å²) in [7, 11) is 0. The van der Waals surface area contributed by atoms with E-state index in [-0.39, 0.29) is 43.3 Å². The number of carboxylic acids is 1. The molecule has 43 heavy (non-hydrogen) atoms. The number of carboxylic acid groups (broad SMARTS) is 1. The molecular weight excluding hydrogens is 550 g/mol. The van der Waals surface area contributed by atoms with Crippen molar-refractivity contribution in [1.29, 1.82) is 0 Å². The fraction of sp³-hybridized carbons (Fsp3) is 0.250. The summed E-state index contributed by atoms with van der Waals surface area (Å²) < 4.78 is 0. The number of carbonyl (C=O) groups is 4. The van der Waals surface area contributed by atoms with E-state index in [0.717, 1.165) is 11.1 Å². The molecule has 2 aliphatic heterocycles. The number of phenols is 1. The number of nitrogens with one attached hydrogen (secondary N) is 2. The molecule has 3 amide bonds. The van der Waals surface area contributed by atoms with Gasteiger partial charge in [0.2, 0.25) is 17.7 Å². The second kappa shape index (κ2) is 12.9. The first kappa shape index (κ1) is 29.5. The molecule has 3 aromatic carbocycles. The van der Waals surface area contributed by atoms with Crippen molar-refractivity contribution in [2.45, 2.75) is 31.2 Å². The van der Waals surface area contributed by atoms with Gasteiger partial charge in [-0.2, -0.15) is 0 Å². The second-order valence-corrected chi connectivity index (χ2v) is 10.5. The number of hydrogen-bond acceptors (Lipinski definition) is 7. The van der Waals surface area contributed by atoms with Gasteiger partial charge in [-0.15, -0.1) is 6.58 Å². The first-order chi connectivity index (χ1) is 20.7. The molecule has 1 unspecified atom stereocenters. The Kier molecular flexibility index (Phi) is 8.84. The van der Waals surface area contributed by atoms with Gasteiger partial charge in [0.1, 0.15) is 24.0 Å². The molecule has 11 nitrogen and oxygen atoms in total. The van der Waals surface area contributed by atoms with E-state index in [9.17, 15) is 29.4 Å². The molecule has 222 valence electrons. The zero-order chi connectivity index (χ0) is 30.5. The first-order valence-corrected chi connectivity index (χ1v) is 13.9. The van der Waals surface area contributed by atoms with Gasteiger partial charge in [0, 0.05) is 19.5 Å². The number of piperazine rings is 1. The number of hydrazine groups is 1. The van der Waals surface area contributed by atoms with Crippen LogP contribution in [0.25, 0.3) is 0 Å². The zero-order valence-corrected chi connectivity index (χ0v) is 23.4. The van der Waals surface area contributed by atoms with Gasteiger partial charge in [-0.1, -0.05) is 60.7 Å². The van der Waals surface area contributed by atoms with Gasteiger partial charge < -0.3 is 25.3 Å². The molecule has 0 aliphatic carbocycles. The van der Waals surface area contributed by atoms with Crippen LogP contribution in [0.3, 0.4) is 0 Å². The SMILES string of the molecule is C=CCN1CC(=O)N2[C@H](CN(C(C(=O)NCc3ccccc3)c3cccc(C(=O)O)c3)C(=O)[C@@H]2Cc2ccc(O)cc2)N1. The third kappa shape index (κ3) is 6.58. The van der Waals surface area contributed by atoms with Crippen LogP contribution in [0, 0.1) is 0 Å². The Morgan fingerprint density at radius 2 is 1.77 bits per heavy atom. The number of hydrogen-bond donors (Lipinski definition) is 4. The Morgan fingerprint density at radius 3 is 2.47 bits per heavy atom. The molecule has 11 heteroatoms. The third-order valence-corrected chi connectivity index (χ3v) is 7.59. The molecular formula is C32H33N5O6. The van der Waals surface area contributed by atoms with E-state index in [1.807, 2.05) is 30.3 Å². The van der Waals surface area contributed by atoms with Crippen LogP contribution >= 0.6 is 0 Å². The van der Waals surface area contributed by atoms with Crippen LogP contribution in [-0.2, 0) is 27.3 Å².